The number of rotatable bonds is 3. The van der Waals surface area contributed by atoms with Crippen molar-refractivity contribution >= 4 is 28.5 Å². The summed E-state index contributed by atoms with van der Waals surface area (Å²) in [4.78, 5) is 16.9. The molecule has 0 spiro atoms. The molecular formula is C15H16ClN5O. The van der Waals surface area contributed by atoms with E-state index < -0.39 is 0 Å². The zero-order valence-electron chi connectivity index (χ0n) is 12.5. The van der Waals surface area contributed by atoms with Gasteiger partial charge in [0.15, 0.2) is 5.69 Å². The van der Waals surface area contributed by atoms with Gasteiger partial charge >= 0.3 is 0 Å². The largest absolute Gasteiger partial charge is 0.341 e. The Morgan fingerprint density at radius 2 is 2.05 bits per heavy atom. The lowest BCUT2D eigenvalue weighted by molar-refractivity contribution is 0.0932. The number of hydrogen-bond acceptors (Lipinski definition) is 3. The molecule has 3 aromatic rings. The van der Waals surface area contributed by atoms with Crippen LogP contribution in [0.1, 0.15) is 29.3 Å². The molecule has 2 heterocycles. The first-order chi connectivity index (χ1) is 10.5. The third kappa shape index (κ3) is 2.46. The number of benzene rings is 1. The zero-order valence-corrected chi connectivity index (χ0v) is 13.3. The van der Waals surface area contributed by atoms with Crippen molar-refractivity contribution < 1.29 is 4.79 Å². The maximum atomic E-state index is 12.3. The first-order valence-electron chi connectivity index (χ1n) is 6.88. The summed E-state index contributed by atoms with van der Waals surface area (Å²) in [6.07, 6.45) is 1.59. The molecule has 0 aliphatic rings. The van der Waals surface area contributed by atoms with Crippen LogP contribution in [-0.4, -0.2) is 25.2 Å². The summed E-state index contributed by atoms with van der Waals surface area (Å²) >= 11 is 6.00. The van der Waals surface area contributed by atoms with E-state index in [0.29, 0.717) is 5.02 Å². The van der Waals surface area contributed by atoms with Gasteiger partial charge in [-0.1, -0.05) is 23.7 Å². The van der Waals surface area contributed by atoms with Gasteiger partial charge in [0.2, 0.25) is 0 Å². The Bertz CT molecular complexity index is 851. The molecule has 1 aromatic carbocycles. The summed E-state index contributed by atoms with van der Waals surface area (Å²) in [5.41, 5.74) is 2.14. The predicted molar refractivity (Wildman–Crippen MR) is 84.8 cm³/mol. The molecule has 0 saturated heterocycles. The summed E-state index contributed by atoms with van der Waals surface area (Å²) in [6.45, 7) is 1.88. The second-order valence-corrected chi connectivity index (χ2v) is 5.62. The lowest BCUT2D eigenvalue weighted by Crippen LogP contribution is -2.29. The second-order valence-electron chi connectivity index (χ2n) is 5.21. The Balaban J connectivity index is 1.87. The number of imidazole rings is 1. The highest BCUT2D eigenvalue weighted by molar-refractivity contribution is 6.33. The molecule has 0 bridgehead atoms. The van der Waals surface area contributed by atoms with Gasteiger partial charge in [0.1, 0.15) is 5.82 Å². The van der Waals surface area contributed by atoms with Gasteiger partial charge in [-0.2, -0.15) is 5.10 Å². The average Bonchev–Trinajstić information content (AvgIpc) is 2.99. The summed E-state index contributed by atoms with van der Waals surface area (Å²) in [5.74, 6) is 0.465. The first kappa shape index (κ1) is 14.6. The molecule has 0 saturated carbocycles. The van der Waals surface area contributed by atoms with Crippen molar-refractivity contribution in [3.05, 3.63) is 47.0 Å². The smallest absolute Gasteiger partial charge is 0.273 e. The van der Waals surface area contributed by atoms with Crippen LogP contribution in [0.4, 0.5) is 0 Å². The standard InChI is InChI=1S/C15H16ClN5O/c1-9(17-15(22)13-10(16)8-20(2)19-13)14-18-11-6-4-5-7-12(11)21(14)3/h4-9H,1-3H3,(H,17,22)/t9-/m1/s1. The van der Waals surface area contributed by atoms with Crippen molar-refractivity contribution in [1.29, 1.82) is 0 Å². The number of fused-ring (bicyclic) bond motifs is 1. The molecule has 0 unspecified atom stereocenters. The van der Waals surface area contributed by atoms with E-state index in [9.17, 15) is 4.79 Å². The molecule has 0 aliphatic carbocycles. The molecule has 1 atom stereocenters. The Hall–Kier alpha value is -2.34. The van der Waals surface area contributed by atoms with Gasteiger partial charge in [-0.25, -0.2) is 4.98 Å². The van der Waals surface area contributed by atoms with Crippen LogP contribution < -0.4 is 5.32 Å². The van der Waals surface area contributed by atoms with Crippen LogP contribution >= 0.6 is 11.6 Å². The van der Waals surface area contributed by atoms with Gasteiger partial charge in [-0.3, -0.25) is 9.48 Å². The Kier molecular flexibility index (Phi) is 3.62. The number of hydrogen-bond donors (Lipinski definition) is 1. The second kappa shape index (κ2) is 5.46. The van der Waals surface area contributed by atoms with E-state index in [1.807, 2.05) is 42.8 Å². The fourth-order valence-electron chi connectivity index (χ4n) is 2.49. The minimum atomic E-state index is -0.315. The number of aryl methyl sites for hydroxylation is 2. The predicted octanol–water partition coefficient (Wildman–Crippen LogP) is 2.45. The van der Waals surface area contributed by atoms with E-state index in [4.69, 9.17) is 11.6 Å². The van der Waals surface area contributed by atoms with Crippen LogP contribution in [0.5, 0.6) is 0 Å². The number of para-hydroxylation sites is 2. The van der Waals surface area contributed by atoms with Crippen molar-refractivity contribution in [1.82, 2.24) is 24.6 Å². The lowest BCUT2D eigenvalue weighted by atomic mass is 10.3. The van der Waals surface area contributed by atoms with E-state index in [1.54, 1.807) is 13.2 Å². The van der Waals surface area contributed by atoms with Gasteiger partial charge in [0, 0.05) is 20.3 Å². The molecule has 0 aliphatic heterocycles. The number of nitrogens with one attached hydrogen (secondary N) is 1. The maximum absolute atomic E-state index is 12.3. The number of nitrogens with zero attached hydrogens (tertiary/aromatic N) is 4. The van der Waals surface area contributed by atoms with Crippen molar-refractivity contribution in [2.24, 2.45) is 14.1 Å². The molecule has 114 valence electrons. The van der Waals surface area contributed by atoms with Crippen molar-refractivity contribution in [3.8, 4) is 0 Å². The first-order valence-corrected chi connectivity index (χ1v) is 7.26. The topological polar surface area (TPSA) is 64.7 Å². The summed E-state index contributed by atoms with van der Waals surface area (Å²) in [6, 6.07) is 7.59. The van der Waals surface area contributed by atoms with Crippen LogP contribution in [-0.2, 0) is 14.1 Å². The summed E-state index contributed by atoms with van der Waals surface area (Å²) in [7, 11) is 3.65. The van der Waals surface area contributed by atoms with E-state index in [-0.39, 0.29) is 17.6 Å². The fourth-order valence-corrected chi connectivity index (χ4v) is 2.76. The maximum Gasteiger partial charge on any atom is 0.273 e. The molecule has 7 heteroatoms. The summed E-state index contributed by atoms with van der Waals surface area (Å²) in [5, 5.41) is 7.28. The summed E-state index contributed by atoms with van der Waals surface area (Å²) < 4.78 is 3.48. The molecule has 0 fully saturated rings. The van der Waals surface area contributed by atoms with Crippen molar-refractivity contribution in [3.63, 3.8) is 0 Å². The van der Waals surface area contributed by atoms with Crippen molar-refractivity contribution in [2.45, 2.75) is 13.0 Å². The van der Waals surface area contributed by atoms with Gasteiger partial charge in [-0.15, -0.1) is 0 Å². The van der Waals surface area contributed by atoms with Gasteiger partial charge < -0.3 is 9.88 Å². The van der Waals surface area contributed by atoms with Crippen LogP contribution in [0, 0.1) is 0 Å². The molecule has 6 nitrogen and oxygen atoms in total. The minimum Gasteiger partial charge on any atom is -0.341 e. The molecule has 22 heavy (non-hydrogen) atoms. The number of halogens is 1. The highest BCUT2D eigenvalue weighted by atomic mass is 35.5. The minimum absolute atomic E-state index is 0.217. The highest BCUT2D eigenvalue weighted by Crippen LogP contribution is 2.20. The van der Waals surface area contributed by atoms with Crippen LogP contribution in [0.15, 0.2) is 30.5 Å². The quantitative estimate of drug-likeness (QED) is 0.807. The van der Waals surface area contributed by atoms with E-state index in [2.05, 4.69) is 15.4 Å². The number of amides is 1. The Morgan fingerprint density at radius 3 is 2.68 bits per heavy atom. The van der Waals surface area contributed by atoms with E-state index in [1.165, 1.54) is 4.68 Å². The molecule has 2 aromatic heterocycles. The fraction of sp³-hybridized carbons (Fsp3) is 0.267. The van der Waals surface area contributed by atoms with E-state index in [0.717, 1.165) is 16.9 Å². The average molecular weight is 318 g/mol. The molecule has 1 amide bonds. The zero-order chi connectivity index (χ0) is 15.9. The van der Waals surface area contributed by atoms with Gasteiger partial charge in [0.05, 0.1) is 22.1 Å². The number of carbonyl (C=O) groups excluding carboxylic acids is 1. The highest BCUT2D eigenvalue weighted by Gasteiger charge is 2.20. The molecule has 0 radical (unpaired) electrons. The molecule has 1 N–H and O–H groups in total. The van der Waals surface area contributed by atoms with Crippen LogP contribution in [0.2, 0.25) is 5.02 Å². The number of aromatic nitrogens is 4. The van der Waals surface area contributed by atoms with Gasteiger partial charge in [-0.05, 0) is 19.1 Å². The van der Waals surface area contributed by atoms with Gasteiger partial charge in [0.25, 0.3) is 5.91 Å². The number of carbonyl (C=O) groups is 1. The Morgan fingerprint density at radius 1 is 1.32 bits per heavy atom. The van der Waals surface area contributed by atoms with Crippen molar-refractivity contribution in [2.75, 3.05) is 0 Å². The lowest BCUT2D eigenvalue weighted by Gasteiger charge is -2.13. The SMILES string of the molecule is C[C@@H](NC(=O)c1nn(C)cc1Cl)c1nc2ccccc2n1C. The normalized spacial score (nSPS) is 12.5. The third-order valence-corrected chi connectivity index (χ3v) is 3.83. The molecule has 3 rings (SSSR count). The Labute approximate surface area is 132 Å². The van der Waals surface area contributed by atoms with Crippen LogP contribution in [0.3, 0.4) is 0 Å². The van der Waals surface area contributed by atoms with Crippen LogP contribution in [0.25, 0.3) is 11.0 Å². The third-order valence-electron chi connectivity index (χ3n) is 3.56. The molecular weight excluding hydrogens is 302 g/mol. The monoisotopic (exact) mass is 317 g/mol. The van der Waals surface area contributed by atoms with E-state index >= 15 is 0 Å².